The van der Waals surface area contributed by atoms with Gasteiger partial charge >= 0.3 is 0 Å². The van der Waals surface area contributed by atoms with Crippen molar-refractivity contribution in [2.45, 2.75) is 108 Å². The average Bonchev–Trinajstić information content (AvgIpc) is 3.24. The number of nitrogens with two attached hydrogens (primary N) is 1. The highest BCUT2D eigenvalue weighted by molar-refractivity contribution is 5.70. The van der Waals surface area contributed by atoms with Crippen LogP contribution >= 0.6 is 0 Å². The molecule has 0 saturated heterocycles. The summed E-state index contributed by atoms with van der Waals surface area (Å²) in [6, 6.07) is 24.6. The van der Waals surface area contributed by atoms with Crippen LogP contribution in [0.4, 0.5) is 11.4 Å². The number of ether oxygens (including phenoxy) is 3. The first-order valence-electron chi connectivity index (χ1n) is 20.6. The molecule has 2 N–H and O–H groups in total. The second-order valence-electron chi connectivity index (χ2n) is 11.9. The first-order chi connectivity index (χ1) is 26.7. The molecule has 3 aromatic carbocycles. The normalized spacial score (nSPS) is 9.69. The largest absolute Gasteiger partial charge is 0.493 e. The van der Waals surface area contributed by atoms with Gasteiger partial charge in [0.1, 0.15) is 18.1 Å². The van der Waals surface area contributed by atoms with E-state index in [9.17, 15) is 4.79 Å². The molecule has 0 aliphatic carbocycles. The molecule has 314 valence electrons. The summed E-state index contributed by atoms with van der Waals surface area (Å²) in [6.45, 7) is 35.7. The minimum Gasteiger partial charge on any atom is -0.493 e. The summed E-state index contributed by atoms with van der Waals surface area (Å²) in [7, 11) is 3.62. The van der Waals surface area contributed by atoms with Crippen molar-refractivity contribution in [2.24, 2.45) is 10.7 Å². The molecule has 0 atom stereocenters. The third-order valence-electron chi connectivity index (χ3n) is 8.08. The van der Waals surface area contributed by atoms with Crippen molar-refractivity contribution in [1.82, 2.24) is 9.80 Å². The molecule has 0 unspecified atom stereocenters. The van der Waals surface area contributed by atoms with Crippen LogP contribution < -0.4 is 20.1 Å². The zero-order valence-corrected chi connectivity index (χ0v) is 37.3. The van der Waals surface area contributed by atoms with Crippen LogP contribution in [0.1, 0.15) is 100 Å². The van der Waals surface area contributed by atoms with Crippen LogP contribution in [-0.2, 0) is 22.6 Å². The quantitative estimate of drug-likeness (QED) is 0.0651. The summed E-state index contributed by atoms with van der Waals surface area (Å²) >= 11 is 0. The van der Waals surface area contributed by atoms with Crippen LogP contribution in [-0.4, -0.2) is 95.6 Å². The Morgan fingerprint density at radius 1 is 0.709 bits per heavy atom. The molecule has 55 heavy (non-hydrogen) atoms. The number of anilines is 1. The number of hydrogen-bond donors (Lipinski definition) is 1. The van der Waals surface area contributed by atoms with E-state index < -0.39 is 0 Å². The molecular weight excluding hydrogens is 687 g/mol. The maximum atomic E-state index is 9.39. The summed E-state index contributed by atoms with van der Waals surface area (Å²) in [6.07, 6.45) is 3.27. The highest BCUT2D eigenvalue weighted by Crippen LogP contribution is 2.32. The highest BCUT2D eigenvalue weighted by atomic mass is 16.5. The lowest BCUT2D eigenvalue weighted by molar-refractivity contribution is -0.131. The maximum absolute atomic E-state index is 9.39. The minimum absolute atomic E-state index is 0.0301. The van der Waals surface area contributed by atoms with Crippen molar-refractivity contribution in [3.8, 4) is 11.5 Å². The van der Waals surface area contributed by atoms with E-state index in [0.29, 0.717) is 13.1 Å². The van der Waals surface area contributed by atoms with Gasteiger partial charge in [0.25, 0.3) is 6.47 Å². The predicted octanol–water partition coefficient (Wildman–Crippen LogP) is 10.3. The lowest BCUT2D eigenvalue weighted by atomic mass is 10.2. The molecule has 3 aromatic rings. The fourth-order valence-electron chi connectivity index (χ4n) is 4.92. The van der Waals surface area contributed by atoms with E-state index in [1.54, 1.807) is 13.8 Å². The summed E-state index contributed by atoms with van der Waals surface area (Å²) in [5, 5.41) is 0. The summed E-state index contributed by atoms with van der Waals surface area (Å²) < 4.78 is 16.0. The lowest BCUT2D eigenvalue weighted by Crippen LogP contribution is -2.28. The third-order valence-corrected chi connectivity index (χ3v) is 8.08. The molecule has 0 radical (unpaired) electrons. The first kappa shape index (κ1) is 55.4. The fraction of sp³-hybridized carbons (Fsp3) is 0.565. The topological polar surface area (TPSA) is 92.9 Å². The van der Waals surface area contributed by atoms with E-state index in [0.717, 1.165) is 94.6 Å². The molecule has 0 spiro atoms. The van der Waals surface area contributed by atoms with Crippen LogP contribution in [0, 0.1) is 0 Å². The van der Waals surface area contributed by atoms with Crippen molar-refractivity contribution >= 4 is 24.6 Å². The number of nitrogens with zero attached hydrogens (tertiary/aromatic N) is 4. The van der Waals surface area contributed by atoms with Crippen LogP contribution in [0.2, 0.25) is 0 Å². The van der Waals surface area contributed by atoms with E-state index >= 15 is 0 Å². The number of carbonyl (C=O) groups excluding carboxylic acids is 1. The maximum Gasteiger partial charge on any atom is 0.293 e. The van der Waals surface area contributed by atoms with Gasteiger partial charge in [0.2, 0.25) is 0 Å². The smallest absolute Gasteiger partial charge is 0.293 e. The Balaban J connectivity index is -0.000000811. The van der Waals surface area contributed by atoms with E-state index in [1.807, 2.05) is 70.2 Å². The number of aryl methyl sites for hydroxylation is 1. The Morgan fingerprint density at radius 2 is 1.24 bits per heavy atom. The molecule has 0 aliphatic heterocycles. The second-order valence-corrected chi connectivity index (χ2v) is 11.9. The lowest BCUT2D eigenvalue weighted by Gasteiger charge is -2.24. The Kier molecular flexibility index (Phi) is 40.1. The van der Waals surface area contributed by atoms with E-state index in [-0.39, 0.29) is 6.10 Å². The molecule has 9 nitrogen and oxygen atoms in total. The highest BCUT2D eigenvalue weighted by Gasteiger charge is 2.10. The first-order valence-corrected chi connectivity index (χ1v) is 20.6. The van der Waals surface area contributed by atoms with Gasteiger partial charge in [-0.2, -0.15) is 0 Å². The van der Waals surface area contributed by atoms with Gasteiger partial charge in [-0.1, -0.05) is 105 Å². The van der Waals surface area contributed by atoms with Gasteiger partial charge in [-0.15, -0.1) is 0 Å². The Hall–Kier alpha value is -3.92. The zero-order chi connectivity index (χ0) is 42.3. The van der Waals surface area contributed by atoms with Gasteiger partial charge < -0.3 is 34.6 Å². The monoisotopic (exact) mass is 768 g/mol. The molecule has 3 rings (SSSR count). The molecule has 0 bridgehead atoms. The van der Waals surface area contributed by atoms with Crippen molar-refractivity contribution in [3.05, 3.63) is 83.9 Å². The molecule has 0 aromatic heterocycles. The van der Waals surface area contributed by atoms with Crippen LogP contribution in [0.5, 0.6) is 11.5 Å². The fourth-order valence-corrected chi connectivity index (χ4v) is 4.92. The summed E-state index contributed by atoms with van der Waals surface area (Å²) in [5.74, 6) is 1.84. The van der Waals surface area contributed by atoms with Crippen molar-refractivity contribution in [2.75, 3.05) is 71.4 Å². The van der Waals surface area contributed by atoms with E-state index in [1.165, 1.54) is 18.2 Å². The number of rotatable bonds is 21. The van der Waals surface area contributed by atoms with Gasteiger partial charge in [-0.25, -0.2) is 0 Å². The van der Waals surface area contributed by atoms with Crippen molar-refractivity contribution in [3.63, 3.8) is 0 Å². The molecule has 0 aliphatic rings. The standard InChI is InChI=1S/C22H40N4O.C15H16O.C4H8O2.2C2H6.CH5N/c1-7-25(8-2)16-11-15-24(6)22-19-20(13-14-21(22)23-5)27-18-12-17-26(9-3)10-4;1-2-13-8-10-15(11-9-13)16-12-14-6-4-3-5-7-14;1-4(2)6-3-5;3*1-2/h13-14,19H,5,7-12,15-18H2,1-4,6H3;3-11H,2,12H2,1H3;3-4H,1-2H3;2*1-2H3;2H2,1H3. The van der Waals surface area contributed by atoms with E-state index in [4.69, 9.17) is 9.47 Å². The second kappa shape index (κ2) is 39.8. The molecule has 0 saturated carbocycles. The summed E-state index contributed by atoms with van der Waals surface area (Å²) in [4.78, 5) is 20.7. The predicted molar refractivity (Wildman–Crippen MR) is 241 cm³/mol. The van der Waals surface area contributed by atoms with Crippen LogP contribution in [0.15, 0.2) is 77.8 Å². The van der Waals surface area contributed by atoms with Gasteiger partial charge in [-0.05, 0) is 115 Å². The Labute approximate surface area is 338 Å². The Morgan fingerprint density at radius 3 is 1.69 bits per heavy atom. The van der Waals surface area contributed by atoms with Crippen LogP contribution in [0.3, 0.4) is 0 Å². The molecular formula is C46H81N5O4. The molecule has 0 heterocycles. The van der Waals surface area contributed by atoms with Gasteiger partial charge in [0.15, 0.2) is 0 Å². The Bertz CT molecular complexity index is 1250. The number of aliphatic imine (C=N–C) groups is 1. The average molecular weight is 768 g/mol. The molecule has 0 fully saturated rings. The van der Waals surface area contributed by atoms with E-state index in [2.05, 4.69) is 109 Å². The number of hydrogen-bond acceptors (Lipinski definition) is 9. The molecule has 9 heteroatoms. The zero-order valence-electron chi connectivity index (χ0n) is 37.3. The van der Waals surface area contributed by atoms with Crippen molar-refractivity contribution in [1.29, 1.82) is 0 Å². The van der Waals surface area contributed by atoms with Gasteiger partial charge in [-0.3, -0.25) is 9.79 Å². The van der Waals surface area contributed by atoms with Gasteiger partial charge in [0, 0.05) is 26.2 Å². The van der Waals surface area contributed by atoms with Crippen molar-refractivity contribution < 1.29 is 19.0 Å². The van der Waals surface area contributed by atoms with Crippen LogP contribution in [0.25, 0.3) is 0 Å². The SMILES string of the molecule is C=Nc1ccc(OCCCN(CC)CC)cc1N(C)CCCN(CC)CC.CC.CC.CC(C)OC=O.CCc1ccc(OCc2ccccc2)cc1.CN. The number of benzene rings is 3. The summed E-state index contributed by atoms with van der Waals surface area (Å²) in [5.41, 5.74) is 9.04. The van der Waals surface area contributed by atoms with Gasteiger partial charge in [0.05, 0.1) is 24.1 Å². The third kappa shape index (κ3) is 28.2. The molecule has 0 amide bonds. The number of carbonyl (C=O) groups is 1. The minimum atomic E-state index is 0.0301.